The number of carbonyl (C=O) groups excluding carboxylic acids is 1. The van der Waals surface area contributed by atoms with E-state index in [9.17, 15) is 4.79 Å². The van der Waals surface area contributed by atoms with E-state index in [0.717, 1.165) is 50.9 Å². The minimum atomic E-state index is 0.142. The topological polar surface area (TPSA) is 64.6 Å². The lowest BCUT2D eigenvalue weighted by atomic mass is 10.3. The molecule has 1 amide bonds. The summed E-state index contributed by atoms with van der Waals surface area (Å²) in [6, 6.07) is 1.97. The first-order valence-electron chi connectivity index (χ1n) is 7.27. The Balaban J connectivity index is 1.90. The third-order valence-electron chi connectivity index (χ3n) is 3.57. The van der Waals surface area contributed by atoms with Gasteiger partial charge in [0.25, 0.3) is 0 Å². The third-order valence-corrected chi connectivity index (χ3v) is 3.57. The minimum Gasteiger partial charge on any atom is -0.369 e. The molecule has 2 heterocycles. The second-order valence-corrected chi connectivity index (χ2v) is 5.48. The van der Waals surface area contributed by atoms with Gasteiger partial charge in [-0.05, 0) is 14.1 Å². The van der Waals surface area contributed by atoms with Gasteiger partial charge < -0.3 is 20.0 Å². The van der Waals surface area contributed by atoms with E-state index in [-0.39, 0.29) is 5.91 Å². The maximum Gasteiger partial charge on any atom is 0.219 e. The lowest BCUT2D eigenvalue weighted by molar-refractivity contribution is -0.129. The molecule has 0 atom stereocenters. The zero-order chi connectivity index (χ0) is 15.2. The van der Waals surface area contributed by atoms with Crippen LogP contribution in [0.2, 0.25) is 0 Å². The largest absolute Gasteiger partial charge is 0.369 e. The molecule has 1 aromatic heterocycles. The second kappa shape index (κ2) is 7.21. The van der Waals surface area contributed by atoms with Gasteiger partial charge in [0.1, 0.15) is 18.0 Å². The fraction of sp³-hybridized carbons (Fsp3) is 0.643. The van der Waals surface area contributed by atoms with Crippen molar-refractivity contribution in [3.05, 3.63) is 12.4 Å². The average molecular weight is 292 g/mol. The third kappa shape index (κ3) is 4.56. The van der Waals surface area contributed by atoms with E-state index in [1.54, 1.807) is 13.3 Å². The highest BCUT2D eigenvalue weighted by Gasteiger charge is 2.19. The molecule has 1 aliphatic rings. The molecular formula is C14H24N6O. The first-order valence-corrected chi connectivity index (χ1v) is 7.27. The molecule has 116 valence electrons. The molecule has 1 saturated heterocycles. The van der Waals surface area contributed by atoms with Gasteiger partial charge in [-0.3, -0.25) is 4.79 Å². The Kier molecular flexibility index (Phi) is 5.32. The number of hydrogen-bond donors (Lipinski definition) is 1. The number of aromatic nitrogens is 2. The lowest BCUT2D eigenvalue weighted by Gasteiger charge is -2.34. The number of amides is 1. The van der Waals surface area contributed by atoms with Gasteiger partial charge in [-0.25, -0.2) is 9.97 Å². The standard InChI is InChI=1S/C14H24N6O/c1-12(21)19-6-8-20(9-7-19)14-10-13(16-11-17-14)15-4-5-18(2)3/h10-11H,4-9H2,1-3H3,(H,15,16,17). The van der Waals surface area contributed by atoms with Crippen molar-refractivity contribution in [2.24, 2.45) is 0 Å². The van der Waals surface area contributed by atoms with Gasteiger partial charge in [0.15, 0.2) is 0 Å². The van der Waals surface area contributed by atoms with Crippen molar-refractivity contribution < 1.29 is 4.79 Å². The summed E-state index contributed by atoms with van der Waals surface area (Å²) in [6.07, 6.45) is 1.59. The maximum absolute atomic E-state index is 11.3. The van der Waals surface area contributed by atoms with Gasteiger partial charge in [0.05, 0.1) is 0 Å². The Morgan fingerprint density at radius 1 is 1.29 bits per heavy atom. The fourth-order valence-corrected chi connectivity index (χ4v) is 2.27. The summed E-state index contributed by atoms with van der Waals surface area (Å²) in [6.45, 7) is 6.55. The molecule has 1 aliphatic heterocycles. The number of hydrogen-bond acceptors (Lipinski definition) is 6. The molecule has 21 heavy (non-hydrogen) atoms. The second-order valence-electron chi connectivity index (χ2n) is 5.48. The number of rotatable bonds is 5. The number of likely N-dealkylation sites (N-methyl/N-ethyl adjacent to an activating group) is 1. The molecule has 0 bridgehead atoms. The molecule has 2 rings (SSSR count). The van der Waals surface area contributed by atoms with Crippen LogP contribution in [0, 0.1) is 0 Å². The zero-order valence-corrected chi connectivity index (χ0v) is 13.0. The van der Waals surface area contributed by atoms with E-state index in [4.69, 9.17) is 0 Å². The van der Waals surface area contributed by atoms with Gasteiger partial charge in [-0.1, -0.05) is 0 Å². The van der Waals surface area contributed by atoms with Crippen molar-refractivity contribution in [1.29, 1.82) is 0 Å². The van der Waals surface area contributed by atoms with Crippen LogP contribution in [0.25, 0.3) is 0 Å². The van der Waals surface area contributed by atoms with Crippen molar-refractivity contribution in [2.45, 2.75) is 6.92 Å². The van der Waals surface area contributed by atoms with Crippen molar-refractivity contribution in [3.63, 3.8) is 0 Å². The highest BCUT2D eigenvalue weighted by atomic mass is 16.2. The van der Waals surface area contributed by atoms with Crippen molar-refractivity contribution in [3.8, 4) is 0 Å². The van der Waals surface area contributed by atoms with Crippen LogP contribution >= 0.6 is 0 Å². The number of anilines is 2. The van der Waals surface area contributed by atoms with Crippen LogP contribution < -0.4 is 10.2 Å². The Bertz CT molecular complexity index is 470. The van der Waals surface area contributed by atoms with Crippen LogP contribution in [0.15, 0.2) is 12.4 Å². The maximum atomic E-state index is 11.3. The molecule has 7 nitrogen and oxygen atoms in total. The SMILES string of the molecule is CC(=O)N1CCN(c2cc(NCCN(C)C)ncn2)CC1. The van der Waals surface area contributed by atoms with Crippen LogP contribution in [0.4, 0.5) is 11.6 Å². The lowest BCUT2D eigenvalue weighted by Crippen LogP contribution is -2.48. The quantitative estimate of drug-likeness (QED) is 0.831. The molecule has 0 radical (unpaired) electrons. The van der Waals surface area contributed by atoms with E-state index >= 15 is 0 Å². The number of nitrogens with one attached hydrogen (secondary N) is 1. The summed E-state index contributed by atoms with van der Waals surface area (Å²) in [5, 5.41) is 3.30. The molecule has 0 spiro atoms. The van der Waals surface area contributed by atoms with E-state index in [2.05, 4.69) is 25.1 Å². The molecule has 7 heteroatoms. The van der Waals surface area contributed by atoms with E-state index in [0.29, 0.717) is 0 Å². The molecule has 0 aliphatic carbocycles. The predicted octanol–water partition coefficient (Wildman–Crippen LogP) is 0.119. The summed E-state index contributed by atoms with van der Waals surface area (Å²) in [4.78, 5) is 26.1. The summed E-state index contributed by atoms with van der Waals surface area (Å²) in [5.74, 6) is 1.90. The van der Waals surface area contributed by atoms with Crippen LogP contribution in [-0.4, -0.2) is 79.0 Å². The molecule has 1 N–H and O–H groups in total. The van der Waals surface area contributed by atoms with Gasteiger partial charge in [0.2, 0.25) is 5.91 Å². The normalized spacial score (nSPS) is 15.4. The van der Waals surface area contributed by atoms with Crippen LogP contribution in [-0.2, 0) is 4.79 Å². The zero-order valence-electron chi connectivity index (χ0n) is 13.0. The van der Waals surface area contributed by atoms with Gasteiger partial charge >= 0.3 is 0 Å². The molecule has 0 unspecified atom stereocenters. The molecule has 0 aromatic carbocycles. The molecule has 1 aromatic rings. The van der Waals surface area contributed by atoms with Gasteiger partial charge in [0, 0.05) is 52.3 Å². The predicted molar refractivity (Wildman–Crippen MR) is 83.5 cm³/mol. The Labute approximate surface area is 126 Å². The number of nitrogens with zero attached hydrogens (tertiary/aromatic N) is 5. The first kappa shape index (κ1) is 15.5. The van der Waals surface area contributed by atoms with E-state index in [1.807, 2.05) is 25.1 Å². The Morgan fingerprint density at radius 2 is 2.00 bits per heavy atom. The van der Waals surface area contributed by atoms with E-state index in [1.165, 1.54) is 0 Å². The number of carbonyl (C=O) groups is 1. The summed E-state index contributed by atoms with van der Waals surface area (Å²) in [7, 11) is 4.09. The number of piperazine rings is 1. The monoisotopic (exact) mass is 292 g/mol. The smallest absolute Gasteiger partial charge is 0.219 e. The first-order chi connectivity index (χ1) is 10.1. The molecule has 1 fully saturated rings. The van der Waals surface area contributed by atoms with Gasteiger partial charge in [-0.15, -0.1) is 0 Å². The summed E-state index contributed by atoms with van der Waals surface area (Å²) >= 11 is 0. The van der Waals surface area contributed by atoms with Crippen molar-refractivity contribution in [1.82, 2.24) is 19.8 Å². The summed E-state index contributed by atoms with van der Waals surface area (Å²) in [5.41, 5.74) is 0. The van der Waals surface area contributed by atoms with Crippen LogP contribution in [0.5, 0.6) is 0 Å². The molecular weight excluding hydrogens is 268 g/mol. The van der Waals surface area contributed by atoms with Crippen molar-refractivity contribution >= 4 is 17.5 Å². The minimum absolute atomic E-state index is 0.142. The van der Waals surface area contributed by atoms with E-state index < -0.39 is 0 Å². The molecule has 0 saturated carbocycles. The highest BCUT2D eigenvalue weighted by molar-refractivity contribution is 5.73. The highest BCUT2D eigenvalue weighted by Crippen LogP contribution is 2.16. The Morgan fingerprint density at radius 3 is 2.62 bits per heavy atom. The Hall–Kier alpha value is -1.89. The van der Waals surface area contributed by atoms with Crippen molar-refractivity contribution in [2.75, 3.05) is 63.6 Å². The summed E-state index contributed by atoms with van der Waals surface area (Å²) < 4.78 is 0. The van der Waals surface area contributed by atoms with Crippen LogP contribution in [0.3, 0.4) is 0 Å². The average Bonchev–Trinajstić information content (AvgIpc) is 2.47. The fourth-order valence-electron chi connectivity index (χ4n) is 2.27. The van der Waals surface area contributed by atoms with Gasteiger partial charge in [-0.2, -0.15) is 0 Å². The van der Waals surface area contributed by atoms with Crippen LogP contribution in [0.1, 0.15) is 6.92 Å².